The summed E-state index contributed by atoms with van der Waals surface area (Å²) in [6.07, 6.45) is 0.802. The Labute approximate surface area is 235 Å². The van der Waals surface area contributed by atoms with Crippen LogP contribution in [0.15, 0.2) is 54.6 Å². The van der Waals surface area contributed by atoms with E-state index in [1.54, 1.807) is 0 Å². The molecule has 40 heavy (non-hydrogen) atoms. The lowest BCUT2D eigenvalue weighted by Crippen LogP contribution is -2.61. The Morgan fingerprint density at radius 2 is 1.77 bits per heavy atom. The Bertz CT molecular complexity index is 1270. The zero-order chi connectivity index (χ0) is 28.7. The van der Waals surface area contributed by atoms with E-state index in [1.807, 2.05) is 61.5 Å². The number of carbonyl (C=O) groups excluding carboxylic acids is 3. The number of rotatable bonds is 4. The van der Waals surface area contributed by atoms with Gasteiger partial charge in [-0.15, -0.1) is 0 Å². The molecule has 1 unspecified atom stereocenters. The predicted octanol–water partition coefficient (Wildman–Crippen LogP) is 1.24. The van der Waals surface area contributed by atoms with Gasteiger partial charge in [0.2, 0.25) is 17.7 Å². The number of nitrogens with zero attached hydrogens (tertiary/aromatic N) is 1. The van der Waals surface area contributed by atoms with Crippen molar-refractivity contribution < 1.29 is 24.2 Å². The first-order chi connectivity index (χ1) is 19.2. The van der Waals surface area contributed by atoms with Crippen molar-refractivity contribution in [2.75, 3.05) is 26.7 Å². The van der Waals surface area contributed by atoms with Gasteiger partial charge in [0, 0.05) is 20.0 Å². The van der Waals surface area contributed by atoms with Crippen LogP contribution >= 0.6 is 0 Å². The number of hydrogen-bond acceptors (Lipinski definition) is 6. The van der Waals surface area contributed by atoms with E-state index in [9.17, 15) is 19.5 Å². The lowest BCUT2D eigenvalue weighted by molar-refractivity contribution is -0.146. The quantitative estimate of drug-likeness (QED) is 0.429. The highest BCUT2D eigenvalue weighted by molar-refractivity contribution is 5.94. The minimum absolute atomic E-state index is 0.0639. The van der Waals surface area contributed by atoms with Crippen LogP contribution in [0, 0.1) is 17.3 Å². The van der Waals surface area contributed by atoms with Gasteiger partial charge in [-0.1, -0.05) is 61.2 Å². The number of amides is 3. The topological polar surface area (TPSA) is 120 Å². The molecular formula is C31H38N4O5. The Balaban J connectivity index is 1.65. The molecule has 4 rings (SSSR count). The van der Waals surface area contributed by atoms with Crippen LogP contribution in [0.1, 0.15) is 37.8 Å². The summed E-state index contributed by atoms with van der Waals surface area (Å²) in [6.45, 7) is 4.28. The van der Waals surface area contributed by atoms with Crippen molar-refractivity contribution in [1.29, 1.82) is 0 Å². The van der Waals surface area contributed by atoms with E-state index in [0.29, 0.717) is 24.5 Å². The van der Waals surface area contributed by atoms with E-state index >= 15 is 0 Å². The van der Waals surface area contributed by atoms with Gasteiger partial charge in [-0.2, -0.15) is 0 Å². The average Bonchev–Trinajstić information content (AvgIpc) is 3.68. The van der Waals surface area contributed by atoms with Crippen LogP contribution < -0.4 is 20.7 Å². The van der Waals surface area contributed by atoms with Crippen molar-refractivity contribution in [2.45, 2.75) is 57.3 Å². The lowest BCUT2D eigenvalue weighted by Gasteiger charge is -2.35. The Hall–Kier alpha value is -3.87. The highest BCUT2D eigenvalue weighted by Gasteiger charge is 2.50. The normalized spacial score (nSPS) is 24.6. The number of aliphatic hydroxyl groups is 1. The molecule has 1 saturated carbocycles. The molecule has 2 aromatic carbocycles. The molecule has 0 aromatic heterocycles. The largest absolute Gasteiger partial charge is 0.491 e. The number of ether oxygens (including phenoxy) is 1. The molecule has 9 nitrogen and oxygen atoms in total. The van der Waals surface area contributed by atoms with Crippen molar-refractivity contribution in [3.8, 4) is 17.6 Å². The van der Waals surface area contributed by atoms with Gasteiger partial charge in [0.15, 0.2) is 0 Å². The number of para-hydroxylation sites is 1. The predicted molar refractivity (Wildman–Crippen MR) is 151 cm³/mol. The van der Waals surface area contributed by atoms with Gasteiger partial charge in [-0.3, -0.25) is 14.4 Å². The number of carbonyl (C=O) groups is 3. The molecule has 3 amide bonds. The fraction of sp³-hybridized carbons (Fsp3) is 0.452. The van der Waals surface area contributed by atoms with E-state index in [1.165, 1.54) is 18.9 Å². The van der Waals surface area contributed by atoms with Gasteiger partial charge in [-0.05, 0) is 42.9 Å². The Kier molecular flexibility index (Phi) is 9.46. The fourth-order valence-electron chi connectivity index (χ4n) is 4.95. The molecule has 1 heterocycles. The number of hydrogen-bond donors (Lipinski definition) is 4. The van der Waals surface area contributed by atoms with Crippen LogP contribution in [0.4, 0.5) is 0 Å². The van der Waals surface area contributed by atoms with E-state index in [4.69, 9.17) is 4.74 Å². The maximum Gasteiger partial charge on any atom is 0.246 e. The van der Waals surface area contributed by atoms with E-state index in [0.717, 1.165) is 18.4 Å². The number of aliphatic hydroxyl groups excluding tert-OH is 1. The Morgan fingerprint density at radius 1 is 1.07 bits per heavy atom. The van der Waals surface area contributed by atoms with Crippen LogP contribution in [0.3, 0.4) is 0 Å². The molecule has 9 heteroatoms. The standard InChI is InChI=1S/C31H38N4O5/c1-21(36)26-29(38)34-24(20-22-10-5-4-6-11-22)28(37)33-17-9-13-23-12-7-8-14-25(23)40-19-18-32-27(30(39)35(26)3)31(2)15-16-31/h4-8,10-12,14,21,24,26-27,32,36H,15-20H2,1-3H3,(H,33,37)(H,34,38)/t21?,24-,26+,27-/m1/s1. The smallest absolute Gasteiger partial charge is 0.246 e. The molecule has 0 bridgehead atoms. The summed E-state index contributed by atoms with van der Waals surface area (Å²) in [5.74, 6) is 5.31. The van der Waals surface area contributed by atoms with Crippen molar-refractivity contribution in [1.82, 2.24) is 20.9 Å². The molecule has 2 aliphatic rings. The highest BCUT2D eigenvalue weighted by atomic mass is 16.5. The van der Waals surface area contributed by atoms with Gasteiger partial charge in [-0.25, -0.2) is 0 Å². The molecule has 1 fully saturated rings. The van der Waals surface area contributed by atoms with Gasteiger partial charge in [0.25, 0.3) is 0 Å². The molecular weight excluding hydrogens is 508 g/mol. The van der Waals surface area contributed by atoms with Gasteiger partial charge < -0.3 is 30.7 Å². The number of likely N-dealkylation sites (N-methyl/N-ethyl adjacent to an activating group) is 1. The maximum atomic E-state index is 13.8. The number of nitrogens with one attached hydrogen (secondary N) is 3. The second-order valence-electron chi connectivity index (χ2n) is 10.8. The summed E-state index contributed by atoms with van der Waals surface area (Å²) >= 11 is 0. The second-order valence-corrected chi connectivity index (χ2v) is 10.8. The summed E-state index contributed by atoms with van der Waals surface area (Å²) in [6, 6.07) is 14.0. The molecule has 4 atom stereocenters. The van der Waals surface area contributed by atoms with Gasteiger partial charge in [0.1, 0.15) is 24.4 Å². The summed E-state index contributed by atoms with van der Waals surface area (Å²) in [5.41, 5.74) is 1.28. The first-order valence-electron chi connectivity index (χ1n) is 13.7. The van der Waals surface area contributed by atoms with E-state index in [2.05, 4.69) is 27.8 Å². The zero-order valence-corrected chi connectivity index (χ0v) is 23.3. The lowest BCUT2D eigenvalue weighted by atomic mass is 9.96. The van der Waals surface area contributed by atoms with Crippen molar-refractivity contribution in [2.24, 2.45) is 5.41 Å². The van der Waals surface area contributed by atoms with Crippen molar-refractivity contribution in [3.05, 3.63) is 65.7 Å². The van der Waals surface area contributed by atoms with E-state index in [-0.39, 0.29) is 24.3 Å². The summed E-state index contributed by atoms with van der Waals surface area (Å²) in [4.78, 5) is 41.8. The number of fused-ring (bicyclic) bond motifs is 1. The average molecular weight is 547 g/mol. The van der Waals surface area contributed by atoms with Crippen LogP contribution in [-0.4, -0.2) is 78.7 Å². The second kappa shape index (κ2) is 13.0. The van der Waals surface area contributed by atoms with Gasteiger partial charge in [0.05, 0.1) is 24.3 Å². The molecule has 1 aliphatic carbocycles. The molecule has 1 aliphatic heterocycles. The zero-order valence-electron chi connectivity index (χ0n) is 23.3. The minimum atomic E-state index is -1.19. The first kappa shape index (κ1) is 29.1. The van der Waals surface area contributed by atoms with Crippen LogP contribution in [0.2, 0.25) is 0 Å². The third kappa shape index (κ3) is 7.20. The molecule has 0 radical (unpaired) electrons. The third-order valence-corrected chi connectivity index (χ3v) is 7.56. The number of benzene rings is 2. The van der Waals surface area contributed by atoms with Crippen molar-refractivity contribution in [3.63, 3.8) is 0 Å². The van der Waals surface area contributed by atoms with Gasteiger partial charge >= 0.3 is 0 Å². The monoisotopic (exact) mass is 546 g/mol. The molecule has 0 saturated heterocycles. The van der Waals surface area contributed by atoms with Crippen LogP contribution in [0.5, 0.6) is 5.75 Å². The highest BCUT2D eigenvalue weighted by Crippen LogP contribution is 2.48. The molecule has 0 spiro atoms. The first-order valence-corrected chi connectivity index (χ1v) is 13.7. The SMILES string of the molecule is CC(O)[C@H]1C(=O)N[C@H](Cc2ccccc2)C(=O)NCC#Cc2ccccc2OCCN[C@@H](C2(C)CC2)C(=O)N1C. The molecule has 2 aromatic rings. The third-order valence-electron chi connectivity index (χ3n) is 7.56. The molecule has 4 N–H and O–H groups in total. The molecule has 212 valence electrons. The van der Waals surface area contributed by atoms with Crippen LogP contribution in [0.25, 0.3) is 0 Å². The van der Waals surface area contributed by atoms with Crippen LogP contribution in [-0.2, 0) is 20.8 Å². The fourth-order valence-corrected chi connectivity index (χ4v) is 4.95. The van der Waals surface area contributed by atoms with Crippen molar-refractivity contribution >= 4 is 17.7 Å². The minimum Gasteiger partial charge on any atom is -0.491 e. The maximum absolute atomic E-state index is 13.8. The Morgan fingerprint density at radius 3 is 2.48 bits per heavy atom. The summed E-state index contributed by atoms with van der Waals surface area (Å²) in [7, 11) is 1.52. The summed E-state index contributed by atoms with van der Waals surface area (Å²) in [5, 5.41) is 19.5. The van der Waals surface area contributed by atoms with E-state index < -0.39 is 36.0 Å². The summed E-state index contributed by atoms with van der Waals surface area (Å²) < 4.78 is 5.98.